The lowest BCUT2D eigenvalue weighted by molar-refractivity contribution is 0.465. The molecular weight excluding hydrogens is 230 g/mol. The van der Waals surface area contributed by atoms with Crippen LogP contribution in [0.1, 0.15) is 91.4 Å². The summed E-state index contributed by atoms with van der Waals surface area (Å²) in [5.74, 6) is 0. The van der Waals surface area contributed by atoms with Gasteiger partial charge in [-0.25, -0.2) is 5.32 Å². The van der Waals surface area contributed by atoms with E-state index < -0.39 is 0 Å². The van der Waals surface area contributed by atoms with E-state index in [2.05, 4.69) is 38.2 Å². The molecule has 0 aromatic heterocycles. The highest BCUT2D eigenvalue weighted by Gasteiger charge is 2.01. The smallest absolute Gasteiger partial charge is 0.0217 e. The van der Waals surface area contributed by atoms with Crippen molar-refractivity contribution in [3.8, 4) is 0 Å². The van der Waals surface area contributed by atoms with Gasteiger partial charge in [0.25, 0.3) is 0 Å². The first-order valence-corrected chi connectivity index (χ1v) is 8.62. The molecular formula is C18H36N. The number of nitrogens with zero attached hydrogens (tertiary/aromatic N) is 1. The van der Waals surface area contributed by atoms with Gasteiger partial charge in [-0.15, -0.1) is 0 Å². The van der Waals surface area contributed by atoms with Crippen molar-refractivity contribution in [2.75, 3.05) is 6.54 Å². The minimum absolute atomic E-state index is 0.589. The van der Waals surface area contributed by atoms with Gasteiger partial charge in [0.1, 0.15) is 0 Å². The zero-order valence-electron chi connectivity index (χ0n) is 13.7. The van der Waals surface area contributed by atoms with E-state index in [0.717, 1.165) is 6.54 Å². The quantitative estimate of drug-likeness (QED) is 0.276. The fourth-order valence-corrected chi connectivity index (χ4v) is 2.25. The van der Waals surface area contributed by atoms with E-state index in [0.29, 0.717) is 6.04 Å². The summed E-state index contributed by atoms with van der Waals surface area (Å²) in [6.45, 7) is 7.78. The van der Waals surface area contributed by atoms with Crippen LogP contribution >= 0.6 is 0 Å². The first-order valence-electron chi connectivity index (χ1n) is 8.62. The standard InChI is InChI=1S/C18H36N/c1-4-6-8-9-10-11-12-13-14-15-16-18(3)19-17-7-5-2/h6,8,18H,4-5,7,9-17H2,1-3H3/b8-6+. The molecule has 0 N–H and O–H groups in total. The zero-order chi connectivity index (χ0) is 14.2. The van der Waals surface area contributed by atoms with Crippen molar-refractivity contribution < 1.29 is 0 Å². The molecule has 0 spiro atoms. The van der Waals surface area contributed by atoms with Gasteiger partial charge in [-0.2, -0.15) is 0 Å². The summed E-state index contributed by atoms with van der Waals surface area (Å²) in [5, 5.41) is 4.68. The third kappa shape index (κ3) is 15.6. The largest absolute Gasteiger partial charge is 0.239 e. The maximum absolute atomic E-state index is 4.68. The lowest BCUT2D eigenvalue weighted by Crippen LogP contribution is -2.19. The minimum Gasteiger partial charge on any atom is -0.239 e. The van der Waals surface area contributed by atoms with E-state index in [9.17, 15) is 0 Å². The molecule has 0 aromatic carbocycles. The van der Waals surface area contributed by atoms with E-state index >= 15 is 0 Å². The van der Waals surface area contributed by atoms with Crippen LogP contribution in [0.4, 0.5) is 0 Å². The van der Waals surface area contributed by atoms with E-state index in [4.69, 9.17) is 0 Å². The summed E-state index contributed by atoms with van der Waals surface area (Å²) in [5.41, 5.74) is 0. The molecule has 0 saturated carbocycles. The lowest BCUT2D eigenvalue weighted by atomic mass is 10.1. The Morgan fingerprint density at radius 3 is 2.21 bits per heavy atom. The molecule has 0 aliphatic rings. The molecule has 0 saturated heterocycles. The zero-order valence-corrected chi connectivity index (χ0v) is 13.7. The van der Waals surface area contributed by atoms with Crippen LogP contribution in [-0.4, -0.2) is 12.6 Å². The summed E-state index contributed by atoms with van der Waals surface area (Å²) in [6.07, 6.45) is 19.3. The summed E-state index contributed by atoms with van der Waals surface area (Å²) in [4.78, 5) is 0. The van der Waals surface area contributed by atoms with E-state index in [1.807, 2.05) is 0 Å². The van der Waals surface area contributed by atoms with Crippen molar-refractivity contribution in [2.24, 2.45) is 0 Å². The van der Waals surface area contributed by atoms with E-state index in [-0.39, 0.29) is 0 Å². The van der Waals surface area contributed by atoms with Gasteiger partial charge in [-0.3, -0.25) is 0 Å². The van der Waals surface area contributed by atoms with Crippen LogP contribution in [-0.2, 0) is 0 Å². The van der Waals surface area contributed by atoms with Crippen molar-refractivity contribution in [1.82, 2.24) is 5.32 Å². The Hall–Kier alpha value is -0.300. The van der Waals surface area contributed by atoms with Crippen LogP contribution in [0, 0.1) is 0 Å². The summed E-state index contributed by atoms with van der Waals surface area (Å²) in [6, 6.07) is 0.589. The fraction of sp³-hybridized carbons (Fsp3) is 0.889. The minimum atomic E-state index is 0.589. The SMILES string of the molecule is CC/C=C/CCCCCCCCC(C)[N]CCCC. The molecule has 113 valence electrons. The van der Waals surface area contributed by atoms with E-state index in [1.54, 1.807) is 0 Å². The molecule has 19 heavy (non-hydrogen) atoms. The molecule has 0 amide bonds. The molecule has 0 rings (SSSR count). The summed E-state index contributed by atoms with van der Waals surface area (Å²) < 4.78 is 0. The second-order valence-electron chi connectivity index (χ2n) is 5.69. The molecule has 1 radical (unpaired) electrons. The Labute approximate surface area is 122 Å². The highest BCUT2D eigenvalue weighted by Crippen LogP contribution is 2.10. The summed E-state index contributed by atoms with van der Waals surface area (Å²) in [7, 11) is 0. The van der Waals surface area contributed by atoms with Crippen molar-refractivity contribution in [2.45, 2.75) is 97.4 Å². The number of hydrogen-bond acceptors (Lipinski definition) is 0. The van der Waals surface area contributed by atoms with Gasteiger partial charge >= 0.3 is 0 Å². The molecule has 0 bridgehead atoms. The Balaban J connectivity index is 3.11. The van der Waals surface area contributed by atoms with Crippen LogP contribution < -0.4 is 5.32 Å². The molecule has 0 aliphatic carbocycles. The van der Waals surface area contributed by atoms with Gasteiger partial charge in [-0.1, -0.05) is 64.5 Å². The molecule has 0 heterocycles. The Morgan fingerprint density at radius 2 is 1.53 bits per heavy atom. The first kappa shape index (κ1) is 18.7. The molecule has 1 nitrogen and oxygen atoms in total. The topological polar surface area (TPSA) is 14.1 Å². The van der Waals surface area contributed by atoms with Gasteiger partial charge in [0.2, 0.25) is 0 Å². The number of rotatable bonds is 14. The van der Waals surface area contributed by atoms with Gasteiger partial charge in [0, 0.05) is 12.6 Å². The lowest BCUT2D eigenvalue weighted by Gasteiger charge is -2.10. The van der Waals surface area contributed by atoms with Crippen LogP contribution in [0.2, 0.25) is 0 Å². The van der Waals surface area contributed by atoms with Crippen LogP contribution in [0.15, 0.2) is 12.2 Å². The van der Waals surface area contributed by atoms with Crippen LogP contribution in [0.5, 0.6) is 0 Å². The average molecular weight is 266 g/mol. The molecule has 1 unspecified atom stereocenters. The second kappa shape index (κ2) is 15.8. The van der Waals surface area contributed by atoms with Crippen molar-refractivity contribution in [3.63, 3.8) is 0 Å². The normalized spacial score (nSPS) is 13.2. The molecule has 0 aliphatic heterocycles. The number of hydrogen-bond donors (Lipinski definition) is 0. The molecule has 0 fully saturated rings. The summed E-state index contributed by atoms with van der Waals surface area (Å²) >= 11 is 0. The third-order valence-corrected chi connectivity index (χ3v) is 3.60. The Morgan fingerprint density at radius 1 is 0.842 bits per heavy atom. The van der Waals surface area contributed by atoms with E-state index in [1.165, 1.54) is 70.6 Å². The highest BCUT2D eigenvalue weighted by atomic mass is 14.9. The second-order valence-corrected chi connectivity index (χ2v) is 5.69. The van der Waals surface area contributed by atoms with Crippen molar-refractivity contribution in [1.29, 1.82) is 0 Å². The third-order valence-electron chi connectivity index (χ3n) is 3.60. The van der Waals surface area contributed by atoms with Crippen molar-refractivity contribution in [3.05, 3.63) is 12.2 Å². The maximum Gasteiger partial charge on any atom is 0.0217 e. The molecule has 0 aromatic rings. The van der Waals surface area contributed by atoms with Crippen molar-refractivity contribution >= 4 is 0 Å². The predicted octanol–water partition coefficient (Wildman–Crippen LogP) is 5.87. The average Bonchev–Trinajstić information content (AvgIpc) is 2.41. The molecule has 1 heteroatoms. The van der Waals surface area contributed by atoms with Gasteiger partial charge in [0.15, 0.2) is 0 Å². The highest BCUT2D eigenvalue weighted by molar-refractivity contribution is 4.79. The maximum atomic E-state index is 4.68. The Bertz CT molecular complexity index is 186. The Kier molecular flexibility index (Phi) is 15.5. The predicted molar refractivity (Wildman–Crippen MR) is 87.7 cm³/mol. The number of unbranched alkanes of at least 4 members (excludes halogenated alkanes) is 7. The monoisotopic (exact) mass is 266 g/mol. The van der Waals surface area contributed by atoms with Crippen LogP contribution in [0.3, 0.4) is 0 Å². The van der Waals surface area contributed by atoms with Crippen LogP contribution in [0.25, 0.3) is 0 Å². The molecule has 1 atom stereocenters. The fourth-order valence-electron chi connectivity index (χ4n) is 2.25. The van der Waals surface area contributed by atoms with Gasteiger partial charge in [-0.05, 0) is 39.0 Å². The number of allylic oxidation sites excluding steroid dienone is 2. The first-order chi connectivity index (χ1) is 9.31. The van der Waals surface area contributed by atoms with Gasteiger partial charge in [0.05, 0.1) is 0 Å². The van der Waals surface area contributed by atoms with Gasteiger partial charge < -0.3 is 0 Å².